The van der Waals surface area contributed by atoms with E-state index in [1.165, 1.54) is 15.7 Å². The monoisotopic (exact) mass is 403 g/mol. The van der Waals surface area contributed by atoms with Gasteiger partial charge in [0.1, 0.15) is 11.4 Å². The average Bonchev–Trinajstić information content (AvgIpc) is 2.66. The number of nitrogens with two attached hydrogens (primary N) is 1. The Labute approximate surface area is 169 Å². The lowest BCUT2D eigenvalue weighted by molar-refractivity contribution is 0.0979. The molecule has 1 amide bonds. The second-order valence-electron chi connectivity index (χ2n) is 7.10. The first-order valence-corrected chi connectivity index (χ1v) is 9.84. The minimum Gasteiger partial charge on any atom is -0.477 e. The lowest BCUT2D eigenvalue weighted by atomic mass is 10.1. The molecule has 2 heterocycles. The third kappa shape index (κ3) is 5.04. The highest BCUT2D eigenvalue weighted by Crippen LogP contribution is 2.24. The molecule has 2 aromatic heterocycles. The molecule has 0 unspecified atom stereocenters. The summed E-state index contributed by atoms with van der Waals surface area (Å²) >= 11 is 0. The summed E-state index contributed by atoms with van der Waals surface area (Å²) in [4.78, 5) is 46.0. The third-order valence-corrected chi connectivity index (χ3v) is 4.29. The number of carbonyl (C=O) groups excluding carboxylic acids is 1. The number of aromatic amines is 1. The molecular formula is C20H29N5O4. The Bertz CT molecular complexity index is 964. The molecule has 0 spiro atoms. The van der Waals surface area contributed by atoms with Gasteiger partial charge in [-0.3, -0.25) is 19.1 Å². The normalized spacial score (nSPS) is 10.9. The molecule has 0 aliphatic carbocycles. The molecular weight excluding hydrogens is 374 g/mol. The number of anilines is 2. The van der Waals surface area contributed by atoms with Crippen molar-refractivity contribution in [1.82, 2.24) is 14.5 Å². The number of rotatable bonds is 9. The van der Waals surface area contributed by atoms with Gasteiger partial charge in [0, 0.05) is 19.3 Å². The Morgan fingerprint density at radius 3 is 2.69 bits per heavy atom. The van der Waals surface area contributed by atoms with Crippen molar-refractivity contribution in [3.63, 3.8) is 0 Å². The summed E-state index contributed by atoms with van der Waals surface area (Å²) in [5, 5.41) is 0. The van der Waals surface area contributed by atoms with E-state index in [9.17, 15) is 14.4 Å². The zero-order valence-electron chi connectivity index (χ0n) is 17.4. The number of unbranched alkanes of at least 4 members (excludes halogenated alkanes) is 1. The Morgan fingerprint density at radius 2 is 2.07 bits per heavy atom. The maximum Gasteiger partial charge on any atom is 0.330 e. The average molecular weight is 403 g/mol. The topological polar surface area (TPSA) is 123 Å². The van der Waals surface area contributed by atoms with Crippen LogP contribution in [0.4, 0.5) is 11.5 Å². The van der Waals surface area contributed by atoms with Gasteiger partial charge in [-0.1, -0.05) is 27.2 Å². The molecule has 0 aliphatic rings. The van der Waals surface area contributed by atoms with E-state index in [1.54, 1.807) is 19.1 Å². The Hall–Kier alpha value is -3.10. The molecule has 2 aromatic rings. The van der Waals surface area contributed by atoms with Crippen molar-refractivity contribution in [3.05, 3.63) is 44.7 Å². The number of carbonyl (C=O) groups is 1. The molecule has 0 radical (unpaired) electrons. The van der Waals surface area contributed by atoms with E-state index in [-0.39, 0.29) is 35.4 Å². The lowest BCUT2D eigenvalue weighted by Crippen LogP contribution is -2.42. The lowest BCUT2D eigenvalue weighted by Gasteiger charge is -2.26. The highest BCUT2D eigenvalue weighted by molar-refractivity contribution is 6.08. The summed E-state index contributed by atoms with van der Waals surface area (Å²) in [6.45, 7) is 8.55. The zero-order valence-corrected chi connectivity index (χ0v) is 17.4. The second-order valence-corrected chi connectivity index (χ2v) is 7.10. The quantitative estimate of drug-likeness (QED) is 0.660. The van der Waals surface area contributed by atoms with Crippen LogP contribution in [0.3, 0.4) is 0 Å². The molecule has 29 heavy (non-hydrogen) atoms. The van der Waals surface area contributed by atoms with E-state index in [0.717, 1.165) is 6.42 Å². The summed E-state index contributed by atoms with van der Waals surface area (Å²) in [6, 6.07) is 3.21. The molecule has 0 saturated carbocycles. The smallest absolute Gasteiger partial charge is 0.330 e. The van der Waals surface area contributed by atoms with Crippen molar-refractivity contribution in [2.75, 3.05) is 23.8 Å². The molecule has 0 aliphatic heterocycles. The van der Waals surface area contributed by atoms with Crippen molar-refractivity contribution >= 4 is 17.4 Å². The van der Waals surface area contributed by atoms with Crippen molar-refractivity contribution in [3.8, 4) is 5.88 Å². The zero-order chi connectivity index (χ0) is 21.6. The van der Waals surface area contributed by atoms with Crippen molar-refractivity contribution in [2.24, 2.45) is 5.92 Å². The summed E-state index contributed by atoms with van der Waals surface area (Å²) < 4.78 is 6.77. The van der Waals surface area contributed by atoms with Gasteiger partial charge in [0.25, 0.3) is 11.5 Å². The molecule has 158 valence electrons. The minimum absolute atomic E-state index is 0.0250. The van der Waals surface area contributed by atoms with Crippen LogP contribution in [-0.4, -0.2) is 33.6 Å². The van der Waals surface area contributed by atoms with E-state index in [4.69, 9.17) is 10.5 Å². The van der Waals surface area contributed by atoms with Gasteiger partial charge in [-0.05, 0) is 31.4 Å². The molecule has 0 aromatic carbocycles. The fourth-order valence-electron chi connectivity index (χ4n) is 2.97. The number of ether oxygens (including phenoxy) is 1. The van der Waals surface area contributed by atoms with Crippen LogP contribution >= 0.6 is 0 Å². The van der Waals surface area contributed by atoms with E-state index in [1.807, 2.05) is 20.8 Å². The van der Waals surface area contributed by atoms with Crippen LogP contribution < -0.4 is 26.6 Å². The maximum atomic E-state index is 13.4. The number of hydrogen-bond donors (Lipinski definition) is 2. The molecule has 0 saturated heterocycles. The van der Waals surface area contributed by atoms with Gasteiger partial charge in [0.15, 0.2) is 5.69 Å². The van der Waals surface area contributed by atoms with Gasteiger partial charge in [0.05, 0.1) is 6.61 Å². The van der Waals surface area contributed by atoms with E-state index >= 15 is 0 Å². The molecule has 0 fully saturated rings. The number of amides is 1. The summed E-state index contributed by atoms with van der Waals surface area (Å²) in [5.41, 5.74) is 5.12. The first-order valence-electron chi connectivity index (χ1n) is 9.84. The fraction of sp³-hybridized carbons (Fsp3) is 0.500. The van der Waals surface area contributed by atoms with Crippen LogP contribution in [-0.2, 0) is 6.54 Å². The standard InChI is InChI=1S/C20H29N5O4/c1-5-7-11-24-16(21)15(17(26)23-20(24)28)25(12-13(3)4)19(27)14-9-8-10-22-18(14)29-6-2/h8-10,13H,5-7,11-12,21H2,1-4H3,(H,23,26,28). The van der Waals surface area contributed by atoms with Crippen LogP contribution in [0.25, 0.3) is 0 Å². The van der Waals surface area contributed by atoms with Gasteiger partial charge in [-0.2, -0.15) is 0 Å². The molecule has 0 bridgehead atoms. The van der Waals surface area contributed by atoms with Gasteiger partial charge in [0.2, 0.25) is 5.88 Å². The number of nitrogen functional groups attached to an aromatic ring is 1. The van der Waals surface area contributed by atoms with Gasteiger partial charge >= 0.3 is 5.69 Å². The highest BCUT2D eigenvalue weighted by atomic mass is 16.5. The molecule has 3 N–H and O–H groups in total. The fourth-order valence-corrected chi connectivity index (χ4v) is 2.97. The first-order chi connectivity index (χ1) is 13.8. The van der Waals surface area contributed by atoms with E-state index in [0.29, 0.717) is 19.6 Å². The Balaban J connectivity index is 2.64. The van der Waals surface area contributed by atoms with Crippen LogP contribution in [0.15, 0.2) is 27.9 Å². The van der Waals surface area contributed by atoms with Crippen LogP contribution in [0.5, 0.6) is 5.88 Å². The van der Waals surface area contributed by atoms with Crippen molar-refractivity contribution in [1.29, 1.82) is 0 Å². The maximum absolute atomic E-state index is 13.4. The van der Waals surface area contributed by atoms with E-state index < -0.39 is 17.2 Å². The van der Waals surface area contributed by atoms with E-state index in [2.05, 4.69) is 9.97 Å². The number of aromatic nitrogens is 3. The minimum atomic E-state index is -0.698. The van der Waals surface area contributed by atoms with Crippen molar-refractivity contribution in [2.45, 2.75) is 47.1 Å². The van der Waals surface area contributed by atoms with Gasteiger partial charge in [-0.25, -0.2) is 9.78 Å². The number of nitrogens with one attached hydrogen (secondary N) is 1. The Morgan fingerprint density at radius 1 is 1.34 bits per heavy atom. The number of H-pyrrole nitrogens is 1. The third-order valence-electron chi connectivity index (χ3n) is 4.29. The second kappa shape index (κ2) is 9.90. The number of pyridine rings is 1. The van der Waals surface area contributed by atoms with Crippen LogP contribution in [0.2, 0.25) is 0 Å². The molecule has 2 rings (SSSR count). The summed E-state index contributed by atoms with van der Waals surface area (Å²) in [5.74, 6) is -0.264. The summed E-state index contributed by atoms with van der Waals surface area (Å²) in [6.07, 6.45) is 3.09. The molecule has 0 atom stereocenters. The van der Waals surface area contributed by atoms with Gasteiger partial charge in [-0.15, -0.1) is 0 Å². The summed E-state index contributed by atoms with van der Waals surface area (Å²) in [7, 11) is 0. The Kier molecular flexibility index (Phi) is 7.58. The SMILES string of the molecule is CCCCn1c(N)c(N(CC(C)C)C(=O)c2cccnc2OCC)c(=O)[nH]c1=O. The predicted octanol–water partition coefficient (Wildman–Crippen LogP) is 2.02. The molecule has 9 nitrogen and oxygen atoms in total. The highest BCUT2D eigenvalue weighted by Gasteiger charge is 2.28. The van der Waals surface area contributed by atoms with Gasteiger partial charge < -0.3 is 15.4 Å². The van der Waals surface area contributed by atoms with Crippen molar-refractivity contribution < 1.29 is 9.53 Å². The van der Waals surface area contributed by atoms with Crippen LogP contribution in [0, 0.1) is 5.92 Å². The molecule has 9 heteroatoms. The van der Waals surface area contributed by atoms with Crippen LogP contribution in [0.1, 0.15) is 50.9 Å². The largest absolute Gasteiger partial charge is 0.477 e. The number of hydrogen-bond acceptors (Lipinski definition) is 6. The number of nitrogens with zero attached hydrogens (tertiary/aromatic N) is 3. The predicted molar refractivity (Wildman–Crippen MR) is 113 cm³/mol. The first kappa shape index (κ1) is 22.2.